The Morgan fingerprint density at radius 2 is 2.00 bits per heavy atom. The van der Waals surface area contributed by atoms with E-state index in [4.69, 9.17) is 5.73 Å². The van der Waals surface area contributed by atoms with E-state index in [2.05, 4.69) is 27.3 Å². The third kappa shape index (κ3) is 4.24. The normalized spacial score (nSPS) is 17.3. The van der Waals surface area contributed by atoms with Crippen LogP contribution in [0.5, 0.6) is 0 Å². The van der Waals surface area contributed by atoms with E-state index in [1.54, 1.807) is 16.8 Å². The number of primary amides is 1. The van der Waals surface area contributed by atoms with Crippen molar-refractivity contribution in [3.8, 4) is 0 Å². The summed E-state index contributed by atoms with van der Waals surface area (Å²) < 4.78 is 14.9. The summed E-state index contributed by atoms with van der Waals surface area (Å²) in [6.45, 7) is 4.25. The first-order valence-electron chi connectivity index (χ1n) is 9.12. The molecule has 0 spiro atoms. The molecule has 140 valence electrons. The molecule has 0 unspecified atom stereocenters. The number of tetrazole rings is 1. The van der Waals surface area contributed by atoms with E-state index >= 15 is 0 Å². The third-order valence-electron chi connectivity index (χ3n) is 5.04. The topological polar surface area (TPSA) is 89.9 Å². The first kappa shape index (κ1) is 18.4. The van der Waals surface area contributed by atoms with Crippen molar-refractivity contribution < 1.29 is 9.18 Å². The average molecular weight is 360 g/mol. The van der Waals surface area contributed by atoms with E-state index in [0.29, 0.717) is 6.54 Å². The van der Waals surface area contributed by atoms with Crippen molar-refractivity contribution in [2.45, 2.75) is 45.2 Å². The third-order valence-corrected chi connectivity index (χ3v) is 5.04. The van der Waals surface area contributed by atoms with Gasteiger partial charge in [-0.05, 0) is 60.5 Å². The minimum atomic E-state index is -0.258. The van der Waals surface area contributed by atoms with Gasteiger partial charge >= 0.3 is 0 Å². The number of benzene rings is 1. The van der Waals surface area contributed by atoms with Crippen molar-refractivity contribution >= 4 is 5.91 Å². The van der Waals surface area contributed by atoms with Crippen LogP contribution in [0.3, 0.4) is 0 Å². The second-order valence-corrected chi connectivity index (χ2v) is 6.84. The number of hydrogen-bond acceptors (Lipinski definition) is 5. The average Bonchev–Trinajstić information content (AvgIpc) is 3.09. The Bertz CT molecular complexity index is 724. The molecule has 0 aliphatic carbocycles. The van der Waals surface area contributed by atoms with E-state index in [9.17, 15) is 9.18 Å². The molecular formula is C18H25FN6O. The van der Waals surface area contributed by atoms with Crippen LogP contribution in [0, 0.1) is 11.7 Å². The van der Waals surface area contributed by atoms with Crippen LogP contribution in [0.2, 0.25) is 0 Å². The highest BCUT2D eigenvalue weighted by molar-refractivity contribution is 5.76. The van der Waals surface area contributed by atoms with Crippen molar-refractivity contribution in [2.24, 2.45) is 11.7 Å². The summed E-state index contributed by atoms with van der Waals surface area (Å²) in [4.78, 5) is 13.8. The number of aromatic nitrogens is 4. The van der Waals surface area contributed by atoms with E-state index in [-0.39, 0.29) is 23.7 Å². The van der Waals surface area contributed by atoms with Gasteiger partial charge in [0.15, 0.2) is 5.82 Å². The predicted octanol–water partition coefficient (Wildman–Crippen LogP) is 1.90. The fourth-order valence-corrected chi connectivity index (χ4v) is 3.57. The maximum atomic E-state index is 13.1. The monoisotopic (exact) mass is 360 g/mol. The van der Waals surface area contributed by atoms with Crippen LogP contribution in [0.15, 0.2) is 24.3 Å². The van der Waals surface area contributed by atoms with E-state index in [1.807, 2.05) is 0 Å². The largest absolute Gasteiger partial charge is 0.369 e. The lowest BCUT2D eigenvalue weighted by atomic mass is 9.94. The predicted molar refractivity (Wildman–Crippen MR) is 94.5 cm³/mol. The summed E-state index contributed by atoms with van der Waals surface area (Å²) in [6.07, 6.45) is 3.49. The standard InChI is InChI=1S/C18H25FN6O/c1-2-3-16(24-10-8-14(9-11-24)17(20)26)18-21-22-23-25(18)12-13-4-6-15(19)7-5-13/h4-7,14,16H,2-3,8-12H2,1H3,(H2,20,26)/t16-/m0/s1. The molecule has 1 amide bonds. The van der Waals surface area contributed by atoms with Gasteiger partial charge in [-0.1, -0.05) is 25.5 Å². The molecule has 2 heterocycles. The van der Waals surface area contributed by atoms with Crippen LogP contribution >= 0.6 is 0 Å². The zero-order chi connectivity index (χ0) is 18.5. The molecular weight excluding hydrogens is 335 g/mol. The van der Waals surface area contributed by atoms with Gasteiger partial charge in [-0.3, -0.25) is 9.69 Å². The molecule has 0 saturated carbocycles. The second-order valence-electron chi connectivity index (χ2n) is 6.84. The number of halogens is 1. The van der Waals surface area contributed by atoms with Crippen LogP contribution in [-0.2, 0) is 11.3 Å². The number of carbonyl (C=O) groups excluding carboxylic acids is 1. The molecule has 7 nitrogen and oxygen atoms in total. The zero-order valence-corrected chi connectivity index (χ0v) is 15.0. The van der Waals surface area contributed by atoms with Gasteiger partial charge in [0.05, 0.1) is 12.6 Å². The van der Waals surface area contributed by atoms with Crippen molar-refractivity contribution in [1.29, 1.82) is 0 Å². The molecule has 1 aromatic carbocycles. The lowest BCUT2D eigenvalue weighted by molar-refractivity contribution is -0.123. The molecule has 1 fully saturated rings. The van der Waals surface area contributed by atoms with Crippen LogP contribution < -0.4 is 5.73 Å². The number of carbonyl (C=O) groups is 1. The first-order valence-corrected chi connectivity index (χ1v) is 9.12. The highest BCUT2D eigenvalue weighted by Gasteiger charge is 2.30. The Kier molecular flexibility index (Phi) is 5.92. The number of amides is 1. The molecule has 1 aliphatic heterocycles. The number of likely N-dealkylation sites (tertiary alicyclic amines) is 1. The maximum Gasteiger partial charge on any atom is 0.220 e. The minimum absolute atomic E-state index is 0.0382. The molecule has 1 aromatic heterocycles. The lowest BCUT2D eigenvalue weighted by Crippen LogP contribution is -2.41. The second kappa shape index (κ2) is 8.35. The first-order chi connectivity index (χ1) is 12.6. The smallest absolute Gasteiger partial charge is 0.220 e. The Morgan fingerprint density at radius 1 is 1.31 bits per heavy atom. The quantitative estimate of drug-likeness (QED) is 0.814. The van der Waals surface area contributed by atoms with Crippen LogP contribution in [0.1, 0.15) is 50.0 Å². The van der Waals surface area contributed by atoms with Gasteiger partial charge in [0.1, 0.15) is 5.82 Å². The molecule has 2 aromatic rings. The number of hydrogen-bond donors (Lipinski definition) is 1. The molecule has 0 radical (unpaired) electrons. The van der Waals surface area contributed by atoms with E-state index < -0.39 is 0 Å². The SMILES string of the molecule is CCC[C@@H](c1nnnn1Cc1ccc(F)cc1)N1CCC(C(N)=O)CC1. The lowest BCUT2D eigenvalue weighted by Gasteiger charge is -2.36. The van der Waals surface area contributed by atoms with Gasteiger partial charge in [0.25, 0.3) is 0 Å². The Labute approximate surface area is 152 Å². The zero-order valence-electron chi connectivity index (χ0n) is 15.0. The van der Waals surface area contributed by atoms with E-state index in [0.717, 1.165) is 50.2 Å². The summed E-state index contributed by atoms with van der Waals surface area (Å²) >= 11 is 0. The van der Waals surface area contributed by atoms with Crippen molar-refractivity contribution in [1.82, 2.24) is 25.1 Å². The van der Waals surface area contributed by atoms with Gasteiger partial charge in [0.2, 0.25) is 5.91 Å². The van der Waals surface area contributed by atoms with Crippen LogP contribution in [-0.4, -0.2) is 44.1 Å². The van der Waals surface area contributed by atoms with Gasteiger partial charge < -0.3 is 5.73 Å². The highest BCUT2D eigenvalue weighted by Crippen LogP contribution is 2.29. The molecule has 0 bridgehead atoms. The molecule has 8 heteroatoms. The molecule has 2 N–H and O–H groups in total. The fraction of sp³-hybridized carbons (Fsp3) is 0.556. The highest BCUT2D eigenvalue weighted by atomic mass is 19.1. The number of nitrogens with two attached hydrogens (primary N) is 1. The van der Waals surface area contributed by atoms with Crippen molar-refractivity contribution in [3.05, 3.63) is 41.5 Å². The molecule has 1 aliphatic rings. The van der Waals surface area contributed by atoms with Gasteiger partial charge in [0, 0.05) is 5.92 Å². The fourth-order valence-electron chi connectivity index (χ4n) is 3.57. The Morgan fingerprint density at radius 3 is 2.62 bits per heavy atom. The molecule has 26 heavy (non-hydrogen) atoms. The maximum absolute atomic E-state index is 13.1. The van der Waals surface area contributed by atoms with Crippen molar-refractivity contribution in [2.75, 3.05) is 13.1 Å². The van der Waals surface area contributed by atoms with Crippen LogP contribution in [0.25, 0.3) is 0 Å². The number of piperidine rings is 1. The van der Waals surface area contributed by atoms with Gasteiger partial charge in [-0.2, -0.15) is 0 Å². The summed E-state index contributed by atoms with van der Waals surface area (Å²) in [7, 11) is 0. The molecule has 1 atom stereocenters. The Balaban J connectivity index is 1.75. The minimum Gasteiger partial charge on any atom is -0.369 e. The summed E-state index contributed by atoms with van der Waals surface area (Å²) in [6, 6.07) is 6.47. The van der Waals surface area contributed by atoms with Gasteiger partial charge in [-0.15, -0.1) is 5.10 Å². The van der Waals surface area contributed by atoms with Gasteiger partial charge in [-0.25, -0.2) is 9.07 Å². The molecule has 3 rings (SSSR count). The number of nitrogens with zero attached hydrogens (tertiary/aromatic N) is 5. The summed E-state index contributed by atoms with van der Waals surface area (Å²) in [5.74, 6) is 0.308. The van der Waals surface area contributed by atoms with E-state index in [1.165, 1.54) is 12.1 Å². The Hall–Kier alpha value is -2.35. The van der Waals surface area contributed by atoms with Crippen LogP contribution in [0.4, 0.5) is 4.39 Å². The van der Waals surface area contributed by atoms with Crippen molar-refractivity contribution in [3.63, 3.8) is 0 Å². The summed E-state index contributed by atoms with van der Waals surface area (Å²) in [5, 5.41) is 12.3. The number of rotatable bonds is 7. The summed E-state index contributed by atoms with van der Waals surface area (Å²) in [5.41, 5.74) is 6.39. The molecule has 1 saturated heterocycles.